The molecule has 1 unspecified atom stereocenters. The molecule has 0 saturated carbocycles. The molecule has 1 aromatic rings. The van der Waals surface area contributed by atoms with Gasteiger partial charge in [-0.15, -0.1) is 0 Å². The van der Waals surface area contributed by atoms with Crippen LogP contribution >= 0.6 is 0 Å². The lowest BCUT2D eigenvalue weighted by Gasteiger charge is -2.27. The molecule has 0 spiro atoms. The van der Waals surface area contributed by atoms with E-state index in [1.807, 2.05) is 30.3 Å². The molecule has 0 aliphatic carbocycles. The van der Waals surface area contributed by atoms with Crippen LogP contribution in [0, 0.1) is 0 Å². The summed E-state index contributed by atoms with van der Waals surface area (Å²) in [7, 11) is -2.82. The first-order valence-electron chi connectivity index (χ1n) is 6.70. The summed E-state index contributed by atoms with van der Waals surface area (Å²) in [4.78, 5) is 0. The maximum atomic E-state index is 11.4. The fourth-order valence-corrected chi connectivity index (χ4v) is 3.96. The Morgan fingerprint density at radius 2 is 1.84 bits per heavy atom. The Balaban J connectivity index is 1.86. The van der Waals surface area contributed by atoms with Crippen LogP contribution in [-0.2, 0) is 16.3 Å². The highest BCUT2D eigenvalue weighted by molar-refractivity contribution is 7.91. The molecule has 19 heavy (non-hydrogen) atoms. The van der Waals surface area contributed by atoms with Crippen LogP contribution in [0.1, 0.15) is 18.4 Å². The zero-order chi connectivity index (χ0) is 13.7. The van der Waals surface area contributed by atoms with Crippen LogP contribution in [0.5, 0.6) is 0 Å². The summed E-state index contributed by atoms with van der Waals surface area (Å²) >= 11 is 0. The third-order valence-electron chi connectivity index (χ3n) is 3.57. The number of nitrogens with one attached hydrogen (secondary N) is 1. The molecule has 4 nitrogen and oxygen atoms in total. The van der Waals surface area contributed by atoms with E-state index in [1.54, 1.807) is 0 Å². The van der Waals surface area contributed by atoms with Crippen molar-refractivity contribution in [2.45, 2.75) is 31.3 Å². The van der Waals surface area contributed by atoms with Crippen molar-refractivity contribution < 1.29 is 13.5 Å². The van der Waals surface area contributed by atoms with E-state index in [9.17, 15) is 13.5 Å². The van der Waals surface area contributed by atoms with Crippen molar-refractivity contribution in [1.29, 1.82) is 0 Å². The lowest BCUT2D eigenvalue weighted by molar-refractivity contribution is 0.227. The van der Waals surface area contributed by atoms with Gasteiger partial charge in [-0.1, -0.05) is 30.3 Å². The molecule has 0 amide bonds. The number of benzene rings is 1. The summed E-state index contributed by atoms with van der Waals surface area (Å²) in [6.07, 6.45) is 2.06. The molecule has 2 rings (SSSR count). The Kier molecular flexibility index (Phi) is 4.96. The monoisotopic (exact) mass is 283 g/mol. The van der Waals surface area contributed by atoms with Gasteiger partial charge in [-0.25, -0.2) is 8.42 Å². The minimum absolute atomic E-state index is 0.00629. The van der Waals surface area contributed by atoms with E-state index in [0.29, 0.717) is 12.8 Å². The van der Waals surface area contributed by atoms with Gasteiger partial charge in [0.15, 0.2) is 0 Å². The van der Waals surface area contributed by atoms with Gasteiger partial charge < -0.3 is 10.4 Å². The molecular weight excluding hydrogens is 262 g/mol. The van der Waals surface area contributed by atoms with E-state index < -0.39 is 9.84 Å². The SMILES string of the molecule is O=S1(=O)CCC(NC(CO)Cc2ccccc2)CC1. The first kappa shape index (κ1) is 14.5. The van der Waals surface area contributed by atoms with E-state index in [4.69, 9.17) is 0 Å². The Morgan fingerprint density at radius 1 is 1.21 bits per heavy atom. The van der Waals surface area contributed by atoms with E-state index in [0.717, 1.165) is 6.42 Å². The van der Waals surface area contributed by atoms with Gasteiger partial charge in [-0.2, -0.15) is 0 Å². The van der Waals surface area contributed by atoms with E-state index in [1.165, 1.54) is 5.56 Å². The van der Waals surface area contributed by atoms with Gasteiger partial charge in [-0.3, -0.25) is 0 Å². The van der Waals surface area contributed by atoms with Gasteiger partial charge in [0.1, 0.15) is 9.84 Å². The van der Waals surface area contributed by atoms with Crippen LogP contribution in [0.25, 0.3) is 0 Å². The number of hydrogen-bond donors (Lipinski definition) is 2. The normalized spacial score (nSPS) is 21.1. The molecule has 106 valence electrons. The second-order valence-electron chi connectivity index (χ2n) is 5.16. The maximum Gasteiger partial charge on any atom is 0.150 e. The summed E-state index contributed by atoms with van der Waals surface area (Å²) in [5.41, 5.74) is 1.18. The number of hydrogen-bond acceptors (Lipinski definition) is 4. The van der Waals surface area contributed by atoms with E-state index >= 15 is 0 Å². The highest BCUT2D eigenvalue weighted by Gasteiger charge is 2.25. The lowest BCUT2D eigenvalue weighted by atomic mass is 10.0. The van der Waals surface area contributed by atoms with Crippen LogP contribution in [0.15, 0.2) is 30.3 Å². The topological polar surface area (TPSA) is 66.4 Å². The van der Waals surface area contributed by atoms with Crippen molar-refractivity contribution in [2.24, 2.45) is 0 Å². The number of rotatable bonds is 5. The largest absolute Gasteiger partial charge is 0.395 e. The Labute approximate surface area is 114 Å². The molecule has 2 N–H and O–H groups in total. The van der Waals surface area contributed by atoms with Crippen molar-refractivity contribution >= 4 is 9.84 Å². The van der Waals surface area contributed by atoms with Gasteiger partial charge in [-0.05, 0) is 24.8 Å². The van der Waals surface area contributed by atoms with Crippen molar-refractivity contribution in [1.82, 2.24) is 5.32 Å². The van der Waals surface area contributed by atoms with Gasteiger partial charge in [0, 0.05) is 12.1 Å². The second kappa shape index (κ2) is 6.50. The fraction of sp³-hybridized carbons (Fsp3) is 0.571. The predicted molar refractivity (Wildman–Crippen MR) is 75.8 cm³/mol. The average Bonchev–Trinajstić information content (AvgIpc) is 2.41. The highest BCUT2D eigenvalue weighted by atomic mass is 32.2. The zero-order valence-electron chi connectivity index (χ0n) is 11.0. The van der Waals surface area contributed by atoms with Gasteiger partial charge in [0.25, 0.3) is 0 Å². The second-order valence-corrected chi connectivity index (χ2v) is 7.47. The molecule has 1 aliphatic heterocycles. The van der Waals surface area contributed by atoms with Crippen LogP contribution < -0.4 is 5.32 Å². The van der Waals surface area contributed by atoms with Crippen LogP contribution in [0.2, 0.25) is 0 Å². The number of sulfone groups is 1. The Morgan fingerprint density at radius 3 is 2.42 bits per heavy atom. The van der Waals surface area contributed by atoms with Gasteiger partial charge >= 0.3 is 0 Å². The molecule has 1 heterocycles. The fourth-order valence-electron chi connectivity index (χ4n) is 2.46. The minimum Gasteiger partial charge on any atom is -0.395 e. The van der Waals surface area contributed by atoms with Crippen LogP contribution in [0.3, 0.4) is 0 Å². The quantitative estimate of drug-likeness (QED) is 0.837. The molecule has 1 atom stereocenters. The smallest absolute Gasteiger partial charge is 0.150 e. The summed E-state index contributed by atoms with van der Waals surface area (Å²) < 4.78 is 22.7. The molecule has 1 saturated heterocycles. The van der Waals surface area contributed by atoms with Crippen LogP contribution in [0.4, 0.5) is 0 Å². The molecule has 0 radical (unpaired) electrons. The summed E-state index contributed by atoms with van der Waals surface area (Å²) in [6.45, 7) is 0.0676. The predicted octanol–water partition coefficient (Wildman–Crippen LogP) is 0.757. The lowest BCUT2D eigenvalue weighted by Crippen LogP contribution is -2.45. The highest BCUT2D eigenvalue weighted by Crippen LogP contribution is 2.13. The minimum atomic E-state index is -2.82. The Bertz CT molecular complexity index is 473. The summed E-state index contributed by atoms with van der Waals surface area (Å²) in [5.74, 6) is 0.516. The maximum absolute atomic E-state index is 11.4. The van der Waals surface area contributed by atoms with Gasteiger partial charge in [0.05, 0.1) is 18.1 Å². The molecule has 0 bridgehead atoms. The first-order chi connectivity index (χ1) is 9.09. The number of aliphatic hydroxyl groups excluding tert-OH is 1. The summed E-state index contributed by atoms with van der Waals surface area (Å²) in [6, 6.07) is 10.2. The van der Waals surface area contributed by atoms with Crippen LogP contribution in [-0.4, -0.2) is 43.7 Å². The van der Waals surface area contributed by atoms with Gasteiger partial charge in [0.2, 0.25) is 0 Å². The van der Waals surface area contributed by atoms with Crippen molar-refractivity contribution in [2.75, 3.05) is 18.1 Å². The third kappa shape index (κ3) is 4.60. The number of aliphatic hydroxyl groups is 1. The van der Waals surface area contributed by atoms with Crippen molar-refractivity contribution in [3.63, 3.8) is 0 Å². The molecular formula is C14H21NO3S. The summed E-state index contributed by atoms with van der Waals surface area (Å²) in [5, 5.41) is 12.8. The standard InChI is InChI=1S/C14H21NO3S/c16-11-14(10-12-4-2-1-3-5-12)15-13-6-8-19(17,18)9-7-13/h1-5,13-16H,6-11H2. The van der Waals surface area contributed by atoms with Crippen molar-refractivity contribution in [3.05, 3.63) is 35.9 Å². The molecule has 1 aromatic carbocycles. The Hall–Kier alpha value is -0.910. The zero-order valence-corrected chi connectivity index (χ0v) is 11.8. The average molecular weight is 283 g/mol. The third-order valence-corrected chi connectivity index (χ3v) is 5.29. The van der Waals surface area contributed by atoms with Crippen molar-refractivity contribution in [3.8, 4) is 0 Å². The molecule has 1 fully saturated rings. The molecule has 1 aliphatic rings. The molecule has 0 aromatic heterocycles. The van der Waals surface area contributed by atoms with E-state index in [2.05, 4.69) is 5.32 Å². The van der Waals surface area contributed by atoms with E-state index in [-0.39, 0.29) is 30.2 Å². The molecule has 5 heteroatoms. The first-order valence-corrected chi connectivity index (χ1v) is 8.52.